The summed E-state index contributed by atoms with van der Waals surface area (Å²) in [6.45, 7) is 0. The predicted molar refractivity (Wildman–Crippen MR) is 125 cm³/mol. The lowest BCUT2D eigenvalue weighted by molar-refractivity contribution is 0.102. The first-order valence-corrected chi connectivity index (χ1v) is 10.0. The Morgan fingerprint density at radius 3 is 2.19 bits per heavy atom. The van der Waals surface area contributed by atoms with Crippen molar-refractivity contribution in [1.29, 1.82) is 5.41 Å². The molecule has 2 aromatic carbocycles. The van der Waals surface area contributed by atoms with Gasteiger partial charge in [-0.2, -0.15) is 0 Å². The lowest BCUT2D eigenvalue weighted by atomic mass is 10.1. The van der Waals surface area contributed by atoms with Crippen LogP contribution in [0.2, 0.25) is 10.0 Å². The molecule has 0 spiro atoms. The third kappa shape index (κ3) is 5.35. The first-order valence-electron chi connectivity index (χ1n) is 9.29. The molecule has 10 heteroatoms. The second kappa shape index (κ2) is 9.67. The van der Waals surface area contributed by atoms with Gasteiger partial charge in [0.15, 0.2) is 0 Å². The molecule has 0 bridgehead atoms. The molecule has 3 rings (SSSR count). The van der Waals surface area contributed by atoms with Crippen LogP contribution in [0.4, 0.5) is 11.5 Å². The van der Waals surface area contributed by atoms with Crippen LogP contribution in [0.5, 0.6) is 5.75 Å². The van der Waals surface area contributed by atoms with Crippen LogP contribution >= 0.6 is 23.2 Å². The average molecular weight is 472 g/mol. The van der Waals surface area contributed by atoms with Crippen molar-refractivity contribution in [2.75, 3.05) is 24.7 Å². The summed E-state index contributed by atoms with van der Waals surface area (Å²) in [5, 5.41) is 24.0. The van der Waals surface area contributed by atoms with E-state index in [4.69, 9.17) is 28.6 Å². The highest BCUT2D eigenvalue weighted by Gasteiger charge is 2.20. The molecule has 0 aliphatic carbocycles. The molecule has 3 aromatic rings. The van der Waals surface area contributed by atoms with Crippen LogP contribution < -0.4 is 10.6 Å². The fourth-order valence-electron chi connectivity index (χ4n) is 2.76. The maximum Gasteiger partial charge on any atom is 0.259 e. The van der Waals surface area contributed by atoms with E-state index >= 15 is 0 Å². The number of aromatic hydroxyl groups is 1. The number of nitrogens with one attached hydrogen (secondary N) is 3. The Labute approximate surface area is 194 Å². The molecule has 4 N–H and O–H groups in total. The van der Waals surface area contributed by atoms with Gasteiger partial charge < -0.3 is 20.6 Å². The minimum absolute atomic E-state index is 0.0499. The number of rotatable bonds is 5. The molecule has 0 fully saturated rings. The number of anilines is 2. The molecule has 8 nitrogen and oxygen atoms in total. The van der Waals surface area contributed by atoms with Crippen LogP contribution in [0.25, 0.3) is 0 Å². The zero-order chi connectivity index (χ0) is 23.4. The van der Waals surface area contributed by atoms with Crippen molar-refractivity contribution >= 4 is 52.4 Å². The van der Waals surface area contributed by atoms with Crippen LogP contribution in [0.1, 0.15) is 26.3 Å². The number of halogens is 2. The monoisotopic (exact) mass is 471 g/mol. The zero-order valence-corrected chi connectivity index (χ0v) is 18.6. The summed E-state index contributed by atoms with van der Waals surface area (Å²) in [6, 6.07) is 12.0. The summed E-state index contributed by atoms with van der Waals surface area (Å²) in [7, 11) is 3.50. The minimum Gasteiger partial charge on any atom is -0.506 e. The molecule has 2 amide bonds. The summed E-state index contributed by atoms with van der Waals surface area (Å²) in [5.41, 5.74) is 0.763. The highest BCUT2D eigenvalue weighted by molar-refractivity contribution is 6.32. The van der Waals surface area contributed by atoms with Gasteiger partial charge in [0.2, 0.25) is 0 Å². The zero-order valence-electron chi connectivity index (χ0n) is 17.1. The van der Waals surface area contributed by atoms with Crippen molar-refractivity contribution in [3.05, 3.63) is 81.5 Å². The Morgan fingerprint density at radius 1 is 0.938 bits per heavy atom. The van der Waals surface area contributed by atoms with E-state index in [2.05, 4.69) is 15.6 Å². The summed E-state index contributed by atoms with van der Waals surface area (Å²) in [5.74, 6) is -1.03. The van der Waals surface area contributed by atoms with Crippen molar-refractivity contribution < 1.29 is 14.7 Å². The van der Waals surface area contributed by atoms with E-state index in [1.54, 1.807) is 49.3 Å². The fourth-order valence-corrected chi connectivity index (χ4v) is 3.08. The number of benzene rings is 2. The van der Waals surface area contributed by atoms with Crippen molar-refractivity contribution in [2.45, 2.75) is 0 Å². The Bertz CT molecular complexity index is 1180. The molecule has 0 unspecified atom stereocenters. The van der Waals surface area contributed by atoms with Gasteiger partial charge >= 0.3 is 0 Å². The Morgan fingerprint density at radius 2 is 1.59 bits per heavy atom. The summed E-state index contributed by atoms with van der Waals surface area (Å²) < 4.78 is 0. The molecule has 0 aliphatic heterocycles. The number of aromatic nitrogens is 1. The SMILES string of the molecule is CN(C)C(=N)c1ccc(C(=O)Nc2c(O)cc(Cl)cc2C(=O)Nc2ccc(Cl)cn2)cc1. The van der Waals surface area contributed by atoms with Crippen molar-refractivity contribution in [3.63, 3.8) is 0 Å². The van der Waals surface area contributed by atoms with Crippen LogP contribution in [-0.2, 0) is 0 Å². The number of amidine groups is 1. The van der Waals surface area contributed by atoms with Gasteiger partial charge in [-0.15, -0.1) is 0 Å². The van der Waals surface area contributed by atoms with Gasteiger partial charge in [-0.1, -0.05) is 35.3 Å². The highest BCUT2D eigenvalue weighted by Crippen LogP contribution is 2.32. The number of carbonyl (C=O) groups is 2. The molecule has 0 atom stereocenters. The van der Waals surface area contributed by atoms with Gasteiger partial charge in [0, 0.05) is 42.5 Å². The Balaban J connectivity index is 1.86. The van der Waals surface area contributed by atoms with Crippen LogP contribution in [0.15, 0.2) is 54.7 Å². The summed E-state index contributed by atoms with van der Waals surface area (Å²) >= 11 is 11.8. The second-order valence-corrected chi connectivity index (χ2v) is 7.81. The molecular weight excluding hydrogens is 453 g/mol. The normalized spacial score (nSPS) is 10.4. The topological polar surface area (TPSA) is 118 Å². The van der Waals surface area contributed by atoms with E-state index in [-0.39, 0.29) is 33.4 Å². The van der Waals surface area contributed by atoms with Crippen LogP contribution in [-0.4, -0.2) is 46.7 Å². The van der Waals surface area contributed by atoms with E-state index in [0.29, 0.717) is 16.4 Å². The highest BCUT2D eigenvalue weighted by atomic mass is 35.5. The van der Waals surface area contributed by atoms with Gasteiger partial charge in [-0.25, -0.2) is 4.98 Å². The van der Waals surface area contributed by atoms with Crippen LogP contribution in [0.3, 0.4) is 0 Å². The van der Waals surface area contributed by atoms with Crippen molar-refractivity contribution in [1.82, 2.24) is 9.88 Å². The third-order valence-electron chi connectivity index (χ3n) is 4.40. The number of hydrogen-bond acceptors (Lipinski definition) is 5. The molecular formula is C22H19Cl2N5O3. The van der Waals surface area contributed by atoms with E-state index in [0.717, 1.165) is 0 Å². The molecule has 0 saturated heterocycles. The summed E-state index contributed by atoms with van der Waals surface area (Å²) in [6.07, 6.45) is 1.37. The van der Waals surface area contributed by atoms with E-state index < -0.39 is 11.8 Å². The van der Waals surface area contributed by atoms with Gasteiger partial charge in [0.1, 0.15) is 17.4 Å². The fraction of sp³-hybridized carbons (Fsp3) is 0.0909. The third-order valence-corrected chi connectivity index (χ3v) is 4.84. The largest absolute Gasteiger partial charge is 0.506 e. The smallest absolute Gasteiger partial charge is 0.259 e. The van der Waals surface area contributed by atoms with Gasteiger partial charge in [-0.05, 0) is 30.3 Å². The molecule has 0 radical (unpaired) electrons. The predicted octanol–water partition coefficient (Wildman–Crippen LogP) is 4.49. The molecule has 0 aliphatic rings. The summed E-state index contributed by atoms with van der Waals surface area (Å²) in [4.78, 5) is 31.2. The van der Waals surface area contributed by atoms with Gasteiger partial charge in [-0.3, -0.25) is 15.0 Å². The van der Waals surface area contributed by atoms with Gasteiger partial charge in [0.05, 0.1) is 16.3 Å². The number of phenols is 1. The average Bonchev–Trinajstić information content (AvgIpc) is 2.76. The van der Waals surface area contributed by atoms with E-state index in [9.17, 15) is 14.7 Å². The van der Waals surface area contributed by atoms with E-state index in [1.165, 1.54) is 24.4 Å². The molecule has 0 saturated carbocycles. The number of pyridine rings is 1. The Hall–Kier alpha value is -3.62. The lowest BCUT2D eigenvalue weighted by Gasteiger charge is -2.15. The maximum atomic E-state index is 12.8. The van der Waals surface area contributed by atoms with E-state index in [1.807, 2.05) is 0 Å². The standard InChI is InChI=1S/C22H19Cl2N5O3/c1-29(2)20(25)12-3-5-13(6-4-12)21(31)28-19-16(9-15(24)10-17(19)30)22(32)27-18-8-7-14(23)11-26-18/h3-11,25,30H,1-2H3,(H,28,31)(H,26,27,32). The van der Waals surface area contributed by atoms with Crippen LogP contribution in [0, 0.1) is 5.41 Å². The first kappa shape index (κ1) is 23.1. The molecule has 1 aromatic heterocycles. The molecule has 164 valence electrons. The first-order chi connectivity index (χ1) is 15.2. The van der Waals surface area contributed by atoms with Crippen molar-refractivity contribution in [2.24, 2.45) is 0 Å². The number of phenolic OH excluding ortho intramolecular Hbond substituents is 1. The quantitative estimate of drug-likeness (QED) is 0.248. The maximum absolute atomic E-state index is 12.8. The lowest BCUT2D eigenvalue weighted by Crippen LogP contribution is -2.22. The molecule has 1 heterocycles. The second-order valence-electron chi connectivity index (χ2n) is 6.94. The van der Waals surface area contributed by atoms with Crippen molar-refractivity contribution in [3.8, 4) is 5.75 Å². The number of amides is 2. The number of carbonyl (C=O) groups excluding carboxylic acids is 2. The molecule has 32 heavy (non-hydrogen) atoms. The number of nitrogens with zero attached hydrogens (tertiary/aromatic N) is 2. The Kier molecular flexibility index (Phi) is 6.97. The number of hydrogen-bond donors (Lipinski definition) is 4. The minimum atomic E-state index is -0.636. The van der Waals surface area contributed by atoms with Gasteiger partial charge in [0.25, 0.3) is 11.8 Å².